The van der Waals surface area contributed by atoms with Crippen LogP contribution in [0.3, 0.4) is 0 Å². The van der Waals surface area contributed by atoms with Gasteiger partial charge in [-0.2, -0.15) is 0 Å². The van der Waals surface area contributed by atoms with E-state index in [9.17, 15) is 13.6 Å². The second-order valence-electron chi connectivity index (χ2n) is 8.27. The van der Waals surface area contributed by atoms with Crippen molar-refractivity contribution in [3.8, 4) is 0 Å². The fourth-order valence-electron chi connectivity index (χ4n) is 2.97. The fraction of sp³-hybridized carbons (Fsp3) is 0.533. The molecule has 0 aliphatic rings. The van der Waals surface area contributed by atoms with Gasteiger partial charge in [0.25, 0.3) is 5.92 Å². The second-order valence-corrected chi connectivity index (χ2v) is 8.27. The molecule has 0 saturated carbocycles. The molecule has 1 amide bonds. The monoisotopic (exact) mass is 508 g/mol. The number of rotatable bonds is 11. The standard InChI is InChI=1S/C20H25F2NO.C7H17N.C2H6.CH2O/c1-6-17(12-18-10-8-7-9-11-18)13-19(14(2)20(5,21)22)15(3)23-16(4)24;1-4-6-7-8(3)5-2;2*1-2/h6-11,13-14H,1,12H2,2-5H3,(H,23,24);4-7H2,1-3H3;1-2H3;1H2/b17-13+,19-15-;;;. The molecule has 0 radical (unpaired) electrons. The minimum atomic E-state index is -2.90. The van der Waals surface area contributed by atoms with Gasteiger partial charge in [0.05, 0.1) is 0 Å². The van der Waals surface area contributed by atoms with Crippen molar-refractivity contribution in [2.24, 2.45) is 5.92 Å². The number of allylic oxidation sites excluding steroid dienone is 5. The van der Waals surface area contributed by atoms with Crippen molar-refractivity contribution in [2.45, 2.75) is 80.6 Å². The van der Waals surface area contributed by atoms with Crippen molar-refractivity contribution in [3.63, 3.8) is 0 Å². The van der Waals surface area contributed by atoms with E-state index in [1.54, 1.807) is 19.1 Å². The van der Waals surface area contributed by atoms with Crippen molar-refractivity contribution < 1.29 is 18.4 Å². The van der Waals surface area contributed by atoms with Crippen molar-refractivity contribution in [1.29, 1.82) is 0 Å². The van der Waals surface area contributed by atoms with Crippen LogP contribution < -0.4 is 5.32 Å². The molecule has 4 nitrogen and oxygen atoms in total. The number of hydrogen-bond acceptors (Lipinski definition) is 3. The number of benzene rings is 1. The molecule has 0 heterocycles. The summed E-state index contributed by atoms with van der Waals surface area (Å²) in [5.74, 6) is -4.21. The molecule has 1 N–H and O–H groups in total. The fourth-order valence-corrected chi connectivity index (χ4v) is 2.97. The van der Waals surface area contributed by atoms with Gasteiger partial charge in [-0.25, -0.2) is 8.78 Å². The molecule has 0 saturated heterocycles. The van der Waals surface area contributed by atoms with Crippen LogP contribution in [0, 0.1) is 5.92 Å². The van der Waals surface area contributed by atoms with E-state index in [0.29, 0.717) is 17.7 Å². The van der Waals surface area contributed by atoms with E-state index in [2.05, 4.69) is 37.7 Å². The van der Waals surface area contributed by atoms with Gasteiger partial charge in [0, 0.05) is 18.5 Å². The molecule has 0 aliphatic heterocycles. The van der Waals surface area contributed by atoms with Crippen LogP contribution in [0.15, 0.2) is 65.9 Å². The smallest absolute Gasteiger partial charge is 0.251 e. The Morgan fingerprint density at radius 2 is 1.67 bits per heavy atom. The normalized spacial score (nSPS) is 12.4. The molecule has 206 valence electrons. The molecular formula is C30H50F2N2O2. The van der Waals surface area contributed by atoms with Crippen molar-refractivity contribution in [1.82, 2.24) is 10.2 Å². The van der Waals surface area contributed by atoms with E-state index in [1.807, 2.05) is 51.0 Å². The SMILES string of the molecule is C=C/C(=C\C(=C(/C)NC(C)=O)C(C)C(C)(F)F)Cc1ccccc1.C=O.CC.CCCCN(C)CC. The summed E-state index contributed by atoms with van der Waals surface area (Å²) in [6.07, 6.45) is 6.60. The summed E-state index contributed by atoms with van der Waals surface area (Å²) in [5.41, 5.74) is 2.72. The molecular weight excluding hydrogens is 458 g/mol. The highest BCUT2D eigenvalue weighted by Crippen LogP contribution is 2.32. The van der Waals surface area contributed by atoms with E-state index in [0.717, 1.165) is 18.1 Å². The largest absolute Gasteiger partial charge is 0.330 e. The van der Waals surface area contributed by atoms with E-state index < -0.39 is 11.8 Å². The van der Waals surface area contributed by atoms with E-state index >= 15 is 0 Å². The number of nitrogens with one attached hydrogen (secondary N) is 1. The van der Waals surface area contributed by atoms with Crippen molar-refractivity contribution in [3.05, 3.63) is 71.5 Å². The Bertz CT molecular complexity index is 769. The van der Waals surface area contributed by atoms with E-state index in [-0.39, 0.29) is 5.91 Å². The number of carbonyl (C=O) groups is 2. The lowest BCUT2D eigenvalue weighted by atomic mass is 9.90. The molecule has 0 fully saturated rings. The zero-order chi connectivity index (χ0) is 28.7. The highest BCUT2D eigenvalue weighted by atomic mass is 19.3. The topological polar surface area (TPSA) is 49.4 Å². The van der Waals surface area contributed by atoms with E-state index in [1.165, 1.54) is 39.8 Å². The third-order valence-corrected chi connectivity index (χ3v) is 5.31. The zero-order valence-electron chi connectivity index (χ0n) is 24.1. The van der Waals surface area contributed by atoms with Gasteiger partial charge in [-0.05, 0) is 63.5 Å². The third kappa shape index (κ3) is 18.7. The Morgan fingerprint density at radius 3 is 2.06 bits per heavy atom. The van der Waals surface area contributed by atoms with Gasteiger partial charge in [-0.1, -0.05) is 90.1 Å². The van der Waals surface area contributed by atoms with Crippen LogP contribution in [0.4, 0.5) is 8.78 Å². The first-order chi connectivity index (χ1) is 17.0. The van der Waals surface area contributed by atoms with Crippen molar-refractivity contribution >= 4 is 12.7 Å². The van der Waals surface area contributed by atoms with E-state index in [4.69, 9.17) is 4.79 Å². The summed E-state index contributed by atoms with van der Waals surface area (Å²) < 4.78 is 27.7. The first-order valence-corrected chi connectivity index (χ1v) is 12.7. The van der Waals surface area contributed by atoms with Gasteiger partial charge in [-0.3, -0.25) is 4.79 Å². The number of hydrogen-bond donors (Lipinski definition) is 1. The molecule has 0 bridgehead atoms. The minimum Gasteiger partial charge on any atom is -0.330 e. The highest BCUT2D eigenvalue weighted by Gasteiger charge is 2.33. The van der Waals surface area contributed by atoms with Gasteiger partial charge in [0.2, 0.25) is 5.91 Å². The van der Waals surface area contributed by atoms with Gasteiger partial charge in [0.1, 0.15) is 6.79 Å². The first-order valence-electron chi connectivity index (χ1n) is 12.7. The van der Waals surface area contributed by atoms with Crippen LogP contribution in [-0.2, 0) is 16.0 Å². The van der Waals surface area contributed by atoms with Crippen LogP contribution in [-0.4, -0.2) is 43.7 Å². The predicted molar refractivity (Wildman–Crippen MR) is 151 cm³/mol. The Kier molecular flexibility index (Phi) is 24.1. The van der Waals surface area contributed by atoms with Crippen LogP contribution in [0.25, 0.3) is 0 Å². The number of carbonyl (C=O) groups excluding carboxylic acids is 2. The van der Waals surface area contributed by atoms with Gasteiger partial charge < -0.3 is 15.0 Å². The lowest BCUT2D eigenvalue weighted by molar-refractivity contribution is -0.118. The number of amides is 1. The average molecular weight is 509 g/mol. The number of alkyl halides is 2. The maximum Gasteiger partial charge on any atom is 0.251 e. The summed E-state index contributed by atoms with van der Waals surface area (Å²) >= 11 is 0. The Balaban J connectivity index is -0.000000762. The van der Waals surface area contributed by atoms with Crippen LogP contribution in [0.2, 0.25) is 0 Å². The molecule has 0 aliphatic carbocycles. The third-order valence-electron chi connectivity index (χ3n) is 5.31. The quantitative estimate of drug-likeness (QED) is 0.313. The molecule has 36 heavy (non-hydrogen) atoms. The molecule has 1 atom stereocenters. The molecule has 1 unspecified atom stereocenters. The Labute approximate surface area is 219 Å². The van der Waals surface area contributed by atoms with Crippen LogP contribution >= 0.6 is 0 Å². The van der Waals surface area contributed by atoms with Gasteiger partial charge in [-0.15, -0.1) is 0 Å². The molecule has 0 aromatic heterocycles. The lowest BCUT2D eigenvalue weighted by Gasteiger charge is -2.23. The summed E-state index contributed by atoms with van der Waals surface area (Å²) in [4.78, 5) is 21.6. The average Bonchev–Trinajstić information content (AvgIpc) is 2.87. The minimum absolute atomic E-state index is 0.284. The van der Waals surface area contributed by atoms with Gasteiger partial charge >= 0.3 is 0 Å². The van der Waals surface area contributed by atoms with Crippen LogP contribution in [0.5, 0.6) is 0 Å². The Hall–Kier alpha value is -2.60. The molecule has 1 aromatic carbocycles. The zero-order valence-corrected chi connectivity index (χ0v) is 24.1. The Morgan fingerprint density at radius 1 is 1.14 bits per heavy atom. The number of unbranched alkanes of at least 4 members (excludes halogenated alkanes) is 1. The van der Waals surface area contributed by atoms with Crippen LogP contribution in [0.1, 0.15) is 73.8 Å². The van der Waals surface area contributed by atoms with Crippen molar-refractivity contribution in [2.75, 3.05) is 20.1 Å². The molecule has 1 aromatic rings. The molecule has 0 spiro atoms. The maximum absolute atomic E-state index is 13.8. The predicted octanol–water partition coefficient (Wildman–Crippen LogP) is 7.62. The summed E-state index contributed by atoms with van der Waals surface area (Å²) in [7, 11) is 2.16. The summed E-state index contributed by atoms with van der Waals surface area (Å²) in [6.45, 7) is 22.0. The maximum atomic E-state index is 13.8. The first kappa shape index (κ1) is 37.9. The number of nitrogens with zero attached hydrogens (tertiary/aromatic N) is 1. The lowest BCUT2D eigenvalue weighted by Crippen LogP contribution is -2.27. The molecule has 1 rings (SSSR count). The van der Waals surface area contributed by atoms with Gasteiger partial charge in [0.15, 0.2) is 0 Å². The summed E-state index contributed by atoms with van der Waals surface area (Å²) in [5, 5.41) is 2.62. The highest BCUT2D eigenvalue weighted by molar-refractivity contribution is 5.75. The molecule has 6 heteroatoms. The summed E-state index contributed by atoms with van der Waals surface area (Å²) in [6, 6.07) is 9.72. The second kappa shape index (κ2) is 22.8. The number of halogens is 2.